The Morgan fingerprint density at radius 1 is 1.44 bits per heavy atom. The second-order valence-electron chi connectivity index (χ2n) is 4.68. The molecule has 0 saturated heterocycles. The summed E-state index contributed by atoms with van der Waals surface area (Å²) in [5.41, 5.74) is 2.56. The van der Waals surface area contributed by atoms with Crippen LogP contribution in [0.1, 0.15) is 32.3 Å². The number of fused-ring (bicyclic) bond motifs is 1. The number of aliphatic hydroxyl groups is 1. The van der Waals surface area contributed by atoms with Gasteiger partial charge in [0.2, 0.25) is 0 Å². The lowest BCUT2D eigenvalue weighted by atomic mass is 10.0. The first-order valence-corrected chi connectivity index (χ1v) is 6.67. The van der Waals surface area contributed by atoms with Crippen molar-refractivity contribution in [2.75, 3.05) is 11.9 Å². The molecule has 0 radical (unpaired) electrons. The molecule has 1 aliphatic rings. The van der Waals surface area contributed by atoms with Crippen LogP contribution in [0.4, 0.5) is 5.69 Å². The van der Waals surface area contributed by atoms with Gasteiger partial charge in [-0.1, -0.05) is 19.9 Å². The first kappa shape index (κ1) is 11.8. The van der Waals surface area contributed by atoms with Crippen LogP contribution in [0.2, 0.25) is 0 Å². The lowest BCUT2D eigenvalue weighted by Gasteiger charge is -2.31. The maximum absolute atomic E-state index is 9.30. The molecule has 1 aromatic rings. The first-order valence-electron chi connectivity index (χ1n) is 5.80. The Balaban J connectivity index is 2.30. The highest BCUT2D eigenvalue weighted by atomic mass is 32.2. The number of hydrogen-bond donors (Lipinski definition) is 2. The number of nitrogens with one attached hydrogen (secondary N) is 1. The lowest BCUT2D eigenvalue weighted by molar-refractivity contribution is 0.287. The van der Waals surface area contributed by atoms with E-state index < -0.39 is 0 Å². The van der Waals surface area contributed by atoms with Crippen LogP contribution in [0, 0.1) is 0 Å². The topological polar surface area (TPSA) is 32.3 Å². The molecule has 0 spiro atoms. The molecule has 0 aromatic heterocycles. The zero-order valence-electron chi connectivity index (χ0n) is 10.0. The van der Waals surface area contributed by atoms with Gasteiger partial charge in [-0.2, -0.15) is 0 Å². The minimum Gasteiger partial charge on any atom is -0.395 e. The molecule has 2 rings (SSSR count). The predicted octanol–water partition coefficient (Wildman–Crippen LogP) is 3.08. The third kappa shape index (κ3) is 2.20. The Kier molecular flexibility index (Phi) is 3.45. The van der Waals surface area contributed by atoms with Gasteiger partial charge in [0, 0.05) is 16.6 Å². The Hall–Kier alpha value is -0.670. The summed E-state index contributed by atoms with van der Waals surface area (Å²) in [5.74, 6) is 0.554. The molecule has 0 saturated carbocycles. The quantitative estimate of drug-likeness (QED) is 0.829. The Labute approximate surface area is 101 Å². The second kappa shape index (κ2) is 4.68. The number of anilines is 1. The minimum atomic E-state index is 0.226. The SMILES string of the molecule is CC(C)c1ccc2c(c1)SC(CO)C(C)N2. The van der Waals surface area contributed by atoms with Crippen LogP contribution >= 0.6 is 11.8 Å². The van der Waals surface area contributed by atoms with Gasteiger partial charge >= 0.3 is 0 Å². The Morgan fingerprint density at radius 3 is 2.81 bits per heavy atom. The van der Waals surface area contributed by atoms with Crippen LogP contribution < -0.4 is 5.32 Å². The second-order valence-corrected chi connectivity index (χ2v) is 5.96. The molecule has 0 bridgehead atoms. The summed E-state index contributed by atoms with van der Waals surface area (Å²) in [4.78, 5) is 1.27. The van der Waals surface area contributed by atoms with Crippen molar-refractivity contribution < 1.29 is 5.11 Å². The van der Waals surface area contributed by atoms with Gasteiger partial charge in [-0.05, 0) is 30.5 Å². The van der Waals surface area contributed by atoms with Crippen molar-refractivity contribution in [3.8, 4) is 0 Å². The lowest BCUT2D eigenvalue weighted by Crippen LogP contribution is -2.34. The minimum absolute atomic E-state index is 0.226. The van der Waals surface area contributed by atoms with E-state index in [1.807, 2.05) is 0 Å². The summed E-state index contributed by atoms with van der Waals surface area (Å²) in [6, 6.07) is 6.91. The van der Waals surface area contributed by atoms with Crippen molar-refractivity contribution in [1.82, 2.24) is 0 Å². The fourth-order valence-electron chi connectivity index (χ4n) is 1.91. The summed E-state index contributed by atoms with van der Waals surface area (Å²) >= 11 is 1.78. The molecule has 0 fully saturated rings. The summed E-state index contributed by atoms with van der Waals surface area (Å²) < 4.78 is 0. The molecule has 2 nitrogen and oxygen atoms in total. The van der Waals surface area contributed by atoms with Gasteiger partial charge < -0.3 is 10.4 Å². The Morgan fingerprint density at radius 2 is 2.19 bits per heavy atom. The van der Waals surface area contributed by atoms with Gasteiger partial charge in [-0.15, -0.1) is 11.8 Å². The van der Waals surface area contributed by atoms with Gasteiger partial charge in [-0.25, -0.2) is 0 Å². The molecular formula is C13H19NOS. The van der Waals surface area contributed by atoms with Crippen LogP contribution in [0.25, 0.3) is 0 Å². The fraction of sp³-hybridized carbons (Fsp3) is 0.538. The van der Waals surface area contributed by atoms with Crippen LogP contribution in [0.3, 0.4) is 0 Å². The van der Waals surface area contributed by atoms with Crippen molar-refractivity contribution in [2.24, 2.45) is 0 Å². The van der Waals surface area contributed by atoms with E-state index in [1.54, 1.807) is 11.8 Å². The third-order valence-electron chi connectivity index (χ3n) is 3.07. The van der Waals surface area contributed by atoms with Gasteiger partial charge in [-0.3, -0.25) is 0 Å². The molecule has 1 heterocycles. The van der Waals surface area contributed by atoms with E-state index in [0.717, 1.165) is 0 Å². The molecule has 3 heteroatoms. The number of thioether (sulfide) groups is 1. The fourth-order valence-corrected chi connectivity index (χ4v) is 3.04. The van der Waals surface area contributed by atoms with E-state index in [-0.39, 0.29) is 11.9 Å². The number of hydrogen-bond acceptors (Lipinski definition) is 3. The summed E-state index contributed by atoms with van der Waals surface area (Å²) in [6.45, 7) is 6.75. The number of benzene rings is 1. The average molecular weight is 237 g/mol. The monoisotopic (exact) mass is 237 g/mol. The zero-order valence-corrected chi connectivity index (χ0v) is 10.8. The zero-order chi connectivity index (χ0) is 11.7. The van der Waals surface area contributed by atoms with Crippen molar-refractivity contribution >= 4 is 17.4 Å². The maximum Gasteiger partial charge on any atom is 0.0573 e. The highest BCUT2D eigenvalue weighted by Gasteiger charge is 2.25. The van der Waals surface area contributed by atoms with E-state index in [4.69, 9.17) is 0 Å². The van der Waals surface area contributed by atoms with Gasteiger partial charge in [0.25, 0.3) is 0 Å². The number of aliphatic hydroxyl groups excluding tert-OH is 1. The molecular weight excluding hydrogens is 218 g/mol. The van der Waals surface area contributed by atoms with Crippen LogP contribution in [-0.4, -0.2) is 23.0 Å². The van der Waals surface area contributed by atoms with Crippen molar-refractivity contribution in [3.05, 3.63) is 23.8 Å². The molecule has 16 heavy (non-hydrogen) atoms. The molecule has 2 atom stereocenters. The third-order valence-corrected chi connectivity index (χ3v) is 4.52. The van der Waals surface area contributed by atoms with Crippen molar-refractivity contribution in [2.45, 2.75) is 42.9 Å². The van der Waals surface area contributed by atoms with Crippen LogP contribution in [0.5, 0.6) is 0 Å². The van der Waals surface area contributed by atoms with E-state index >= 15 is 0 Å². The van der Waals surface area contributed by atoms with Gasteiger partial charge in [0.15, 0.2) is 0 Å². The summed E-state index contributed by atoms with van der Waals surface area (Å²) in [5, 5.41) is 13.0. The predicted molar refractivity (Wildman–Crippen MR) is 70.3 cm³/mol. The van der Waals surface area contributed by atoms with E-state index in [0.29, 0.717) is 12.0 Å². The summed E-state index contributed by atoms with van der Waals surface area (Å²) in [7, 11) is 0. The Bertz CT molecular complexity index is 378. The maximum atomic E-state index is 9.30. The number of rotatable bonds is 2. The normalized spacial score (nSPS) is 24.1. The smallest absolute Gasteiger partial charge is 0.0573 e. The molecule has 2 unspecified atom stereocenters. The molecule has 0 aliphatic carbocycles. The van der Waals surface area contributed by atoms with Crippen LogP contribution in [-0.2, 0) is 0 Å². The molecule has 88 valence electrons. The standard InChI is InChI=1S/C13H19NOS/c1-8(2)10-4-5-11-12(6-10)16-13(7-15)9(3)14-11/h4-6,8-9,13-15H,7H2,1-3H3. The molecule has 2 N–H and O–H groups in total. The van der Waals surface area contributed by atoms with Gasteiger partial charge in [0.05, 0.1) is 11.9 Å². The molecule has 0 amide bonds. The summed E-state index contributed by atoms with van der Waals surface area (Å²) in [6.07, 6.45) is 0. The largest absolute Gasteiger partial charge is 0.395 e. The van der Waals surface area contributed by atoms with E-state index in [2.05, 4.69) is 44.3 Å². The van der Waals surface area contributed by atoms with Crippen LogP contribution in [0.15, 0.2) is 23.1 Å². The molecule has 1 aromatic carbocycles. The van der Waals surface area contributed by atoms with E-state index in [1.165, 1.54) is 16.1 Å². The van der Waals surface area contributed by atoms with Crippen molar-refractivity contribution in [1.29, 1.82) is 0 Å². The first-order chi connectivity index (χ1) is 7.61. The highest BCUT2D eigenvalue weighted by molar-refractivity contribution is 8.00. The molecule has 1 aliphatic heterocycles. The van der Waals surface area contributed by atoms with Crippen molar-refractivity contribution in [3.63, 3.8) is 0 Å². The highest BCUT2D eigenvalue weighted by Crippen LogP contribution is 2.39. The van der Waals surface area contributed by atoms with Gasteiger partial charge in [0.1, 0.15) is 0 Å². The average Bonchev–Trinajstić information content (AvgIpc) is 2.27. The van der Waals surface area contributed by atoms with E-state index in [9.17, 15) is 5.11 Å².